The van der Waals surface area contributed by atoms with Crippen molar-refractivity contribution in [2.45, 2.75) is 58.9 Å². The number of anilines is 1. The number of halogens is 3. The zero-order valence-electron chi connectivity index (χ0n) is 14.8. The largest absolute Gasteiger partial charge is 0.417 e. The van der Waals surface area contributed by atoms with Crippen molar-refractivity contribution in [1.29, 1.82) is 0 Å². The van der Waals surface area contributed by atoms with Crippen LogP contribution in [0.2, 0.25) is 0 Å². The number of fused-ring (bicyclic) bond motifs is 1. The third-order valence-corrected chi connectivity index (χ3v) is 3.80. The maximum Gasteiger partial charge on any atom is 0.417 e. The molecular formula is C18H23F3N4O2. The van der Waals surface area contributed by atoms with E-state index in [1.165, 1.54) is 0 Å². The molecule has 2 N–H and O–H groups in total. The number of amides is 1. The molecule has 2 rings (SSSR count). The summed E-state index contributed by atoms with van der Waals surface area (Å²) in [6.07, 6.45) is -6.09. The Morgan fingerprint density at radius 2 is 1.89 bits per heavy atom. The first-order valence-electron chi connectivity index (χ1n) is 7.76. The quantitative estimate of drug-likeness (QED) is 0.759. The molecule has 1 aromatic carbocycles. The SMILES string of the molecule is C.[C-]#[N+]c1ccc2nc(NC(=O)C[C@@](C)(O)C(F)(F)F)n(C(C)(C)C)c2c1. The van der Waals surface area contributed by atoms with Gasteiger partial charge in [-0.05, 0) is 39.8 Å². The molecule has 0 aliphatic carbocycles. The Bertz CT molecular complexity index is 887. The van der Waals surface area contributed by atoms with Crippen molar-refractivity contribution in [3.05, 3.63) is 29.6 Å². The van der Waals surface area contributed by atoms with E-state index in [1.54, 1.807) is 22.8 Å². The Labute approximate surface area is 155 Å². The van der Waals surface area contributed by atoms with Gasteiger partial charge in [-0.1, -0.05) is 13.5 Å². The maximum absolute atomic E-state index is 12.8. The topological polar surface area (TPSA) is 71.5 Å². The van der Waals surface area contributed by atoms with Crippen LogP contribution in [0.25, 0.3) is 15.9 Å². The van der Waals surface area contributed by atoms with E-state index in [1.807, 2.05) is 20.8 Å². The van der Waals surface area contributed by atoms with E-state index in [4.69, 9.17) is 6.57 Å². The van der Waals surface area contributed by atoms with Gasteiger partial charge in [0.1, 0.15) is 0 Å². The third kappa shape index (κ3) is 4.57. The summed E-state index contributed by atoms with van der Waals surface area (Å²) < 4.78 is 40.0. The van der Waals surface area contributed by atoms with Crippen LogP contribution in [0.4, 0.5) is 24.8 Å². The number of benzene rings is 1. The van der Waals surface area contributed by atoms with Crippen molar-refractivity contribution in [2.75, 3.05) is 5.32 Å². The van der Waals surface area contributed by atoms with Crippen LogP contribution in [0, 0.1) is 6.57 Å². The molecule has 1 amide bonds. The van der Waals surface area contributed by atoms with Gasteiger partial charge in [-0.2, -0.15) is 13.2 Å². The number of hydrogen-bond donors (Lipinski definition) is 2. The van der Waals surface area contributed by atoms with E-state index >= 15 is 0 Å². The fourth-order valence-electron chi connectivity index (χ4n) is 2.48. The van der Waals surface area contributed by atoms with Gasteiger partial charge >= 0.3 is 6.18 Å². The molecule has 27 heavy (non-hydrogen) atoms. The average Bonchev–Trinajstić information content (AvgIpc) is 2.81. The number of alkyl halides is 3. The van der Waals surface area contributed by atoms with Crippen LogP contribution in [0.15, 0.2) is 18.2 Å². The molecule has 1 atom stereocenters. The highest BCUT2D eigenvalue weighted by Crippen LogP contribution is 2.34. The van der Waals surface area contributed by atoms with Crippen molar-refractivity contribution in [2.24, 2.45) is 0 Å². The monoisotopic (exact) mass is 384 g/mol. The fourth-order valence-corrected chi connectivity index (χ4v) is 2.48. The lowest BCUT2D eigenvalue weighted by Gasteiger charge is -2.27. The highest BCUT2D eigenvalue weighted by Gasteiger charge is 2.51. The van der Waals surface area contributed by atoms with Crippen molar-refractivity contribution < 1.29 is 23.1 Å². The van der Waals surface area contributed by atoms with Gasteiger partial charge in [0.2, 0.25) is 11.9 Å². The molecule has 0 aliphatic heterocycles. The molecule has 0 bridgehead atoms. The second kappa shape index (κ2) is 7.19. The Morgan fingerprint density at radius 3 is 2.37 bits per heavy atom. The summed E-state index contributed by atoms with van der Waals surface area (Å²) >= 11 is 0. The molecule has 0 spiro atoms. The number of aromatic nitrogens is 2. The number of rotatable bonds is 3. The van der Waals surface area contributed by atoms with E-state index in [0.717, 1.165) is 0 Å². The minimum Gasteiger partial charge on any atom is -0.380 e. The highest BCUT2D eigenvalue weighted by atomic mass is 19.4. The van der Waals surface area contributed by atoms with E-state index < -0.39 is 29.6 Å². The van der Waals surface area contributed by atoms with Crippen LogP contribution < -0.4 is 5.32 Å². The summed E-state index contributed by atoms with van der Waals surface area (Å²) in [5, 5.41) is 11.8. The van der Waals surface area contributed by atoms with E-state index in [9.17, 15) is 23.1 Å². The van der Waals surface area contributed by atoms with Crippen LogP contribution >= 0.6 is 0 Å². The standard InChI is InChI=1S/C17H19F3N4O2.CH4/c1-15(2,3)24-12-8-10(21-5)6-7-11(12)22-14(24)23-13(25)9-16(4,26)17(18,19)20;/h6-8,26H,9H2,1-4H3,(H,22,23,25);1H4/t16-;/m1./s1. The first-order chi connectivity index (χ1) is 11.8. The van der Waals surface area contributed by atoms with Crippen LogP contribution in [0.5, 0.6) is 0 Å². The van der Waals surface area contributed by atoms with Gasteiger partial charge in [0, 0.05) is 5.54 Å². The molecule has 0 saturated carbocycles. The van der Waals surface area contributed by atoms with Crippen molar-refractivity contribution in [1.82, 2.24) is 9.55 Å². The summed E-state index contributed by atoms with van der Waals surface area (Å²) in [4.78, 5) is 19.7. The smallest absolute Gasteiger partial charge is 0.380 e. The predicted octanol–water partition coefficient (Wildman–Crippen LogP) is 4.62. The van der Waals surface area contributed by atoms with Gasteiger partial charge < -0.3 is 9.67 Å². The summed E-state index contributed by atoms with van der Waals surface area (Å²) in [7, 11) is 0. The van der Waals surface area contributed by atoms with Gasteiger partial charge in [0.05, 0.1) is 24.0 Å². The number of carbonyl (C=O) groups excluding carboxylic acids is 1. The molecule has 148 valence electrons. The predicted molar refractivity (Wildman–Crippen MR) is 97.6 cm³/mol. The zero-order valence-corrected chi connectivity index (χ0v) is 14.8. The summed E-state index contributed by atoms with van der Waals surface area (Å²) in [6, 6.07) is 4.77. The van der Waals surface area contributed by atoms with E-state index in [0.29, 0.717) is 23.6 Å². The summed E-state index contributed by atoms with van der Waals surface area (Å²) in [5.74, 6) is -0.962. The summed E-state index contributed by atoms with van der Waals surface area (Å²) in [5.41, 5.74) is -2.27. The highest BCUT2D eigenvalue weighted by molar-refractivity contribution is 5.93. The van der Waals surface area contributed by atoms with Crippen molar-refractivity contribution >= 4 is 28.6 Å². The average molecular weight is 384 g/mol. The molecular weight excluding hydrogens is 361 g/mol. The van der Waals surface area contributed by atoms with Crippen LogP contribution in [-0.4, -0.2) is 32.3 Å². The van der Waals surface area contributed by atoms with Crippen LogP contribution in [0.1, 0.15) is 41.5 Å². The maximum atomic E-state index is 12.8. The third-order valence-electron chi connectivity index (χ3n) is 3.80. The minimum absolute atomic E-state index is 0. The normalized spacial score (nSPS) is 14.2. The first-order valence-corrected chi connectivity index (χ1v) is 7.76. The molecule has 0 aliphatic rings. The van der Waals surface area contributed by atoms with Gasteiger partial charge in [-0.15, -0.1) is 0 Å². The Hall–Kier alpha value is -2.60. The number of aliphatic hydroxyl groups is 1. The second-order valence-electron chi connectivity index (χ2n) is 7.22. The molecule has 0 fully saturated rings. The molecule has 1 aromatic heterocycles. The lowest BCUT2D eigenvalue weighted by molar-refractivity contribution is -0.253. The molecule has 6 nitrogen and oxygen atoms in total. The Balaban J connectivity index is 0.00000364. The minimum atomic E-state index is -4.93. The van der Waals surface area contributed by atoms with E-state index in [-0.39, 0.29) is 13.4 Å². The van der Waals surface area contributed by atoms with Crippen LogP contribution in [0.3, 0.4) is 0 Å². The van der Waals surface area contributed by atoms with Gasteiger partial charge in [-0.3, -0.25) is 10.1 Å². The number of carbonyl (C=O) groups is 1. The lowest BCUT2D eigenvalue weighted by Crippen LogP contribution is -2.45. The van der Waals surface area contributed by atoms with Gasteiger partial charge in [-0.25, -0.2) is 9.83 Å². The number of imidazole rings is 1. The molecule has 9 heteroatoms. The number of nitrogens with zero attached hydrogens (tertiary/aromatic N) is 3. The molecule has 0 radical (unpaired) electrons. The Kier molecular flexibility index (Phi) is 5.98. The van der Waals surface area contributed by atoms with Gasteiger partial charge in [0.25, 0.3) is 0 Å². The van der Waals surface area contributed by atoms with Crippen molar-refractivity contribution in [3.63, 3.8) is 0 Å². The molecule has 2 aromatic rings. The first kappa shape index (κ1) is 22.4. The van der Waals surface area contributed by atoms with E-state index in [2.05, 4.69) is 15.1 Å². The number of hydrogen-bond acceptors (Lipinski definition) is 3. The molecule has 0 saturated heterocycles. The second-order valence-corrected chi connectivity index (χ2v) is 7.22. The van der Waals surface area contributed by atoms with Crippen molar-refractivity contribution in [3.8, 4) is 0 Å². The summed E-state index contributed by atoms with van der Waals surface area (Å²) in [6.45, 7) is 13.2. The van der Waals surface area contributed by atoms with Crippen LogP contribution in [-0.2, 0) is 10.3 Å². The Morgan fingerprint density at radius 1 is 1.30 bits per heavy atom. The zero-order chi connectivity index (χ0) is 19.9. The van der Waals surface area contributed by atoms with Gasteiger partial charge in [0.15, 0.2) is 11.3 Å². The lowest BCUT2D eigenvalue weighted by atomic mass is 10.0. The fraction of sp³-hybridized carbons (Fsp3) is 0.500. The molecule has 0 unspecified atom stereocenters. The number of nitrogens with one attached hydrogen (secondary N) is 1. The molecule has 1 heterocycles.